The third-order valence-electron chi connectivity index (χ3n) is 4.05. The second-order valence-corrected chi connectivity index (χ2v) is 6.27. The Bertz CT molecular complexity index is 604. The quantitative estimate of drug-likeness (QED) is 0.828. The molecule has 21 heavy (non-hydrogen) atoms. The van der Waals surface area contributed by atoms with Crippen LogP contribution in [0.1, 0.15) is 34.7 Å². The van der Waals surface area contributed by atoms with Gasteiger partial charge in [0.25, 0.3) is 5.91 Å². The number of amides is 1. The molecule has 2 heterocycles. The van der Waals surface area contributed by atoms with E-state index in [0.717, 1.165) is 36.0 Å². The first-order valence-corrected chi connectivity index (χ1v) is 7.98. The summed E-state index contributed by atoms with van der Waals surface area (Å²) in [6, 6.07) is 11.7. The molecule has 1 fully saturated rings. The van der Waals surface area contributed by atoms with Crippen molar-refractivity contribution in [3.63, 3.8) is 0 Å². The van der Waals surface area contributed by atoms with Crippen LogP contribution in [0.2, 0.25) is 0 Å². The Kier molecular flexibility index (Phi) is 4.34. The van der Waals surface area contributed by atoms with Gasteiger partial charge < -0.3 is 4.90 Å². The lowest BCUT2D eigenvalue weighted by Crippen LogP contribution is -2.37. The first-order valence-electron chi connectivity index (χ1n) is 7.19. The predicted molar refractivity (Wildman–Crippen MR) is 86.3 cm³/mol. The van der Waals surface area contributed by atoms with E-state index in [1.54, 1.807) is 0 Å². The number of piperidine rings is 1. The fourth-order valence-corrected chi connectivity index (χ4v) is 3.09. The summed E-state index contributed by atoms with van der Waals surface area (Å²) in [4.78, 5) is 18.5. The molecule has 0 bridgehead atoms. The van der Waals surface area contributed by atoms with Crippen molar-refractivity contribution >= 4 is 21.8 Å². The first kappa shape index (κ1) is 14.3. The molecule has 1 amide bonds. The van der Waals surface area contributed by atoms with Crippen LogP contribution in [0.4, 0.5) is 0 Å². The number of likely N-dealkylation sites (tertiary alicyclic amines) is 1. The zero-order valence-corrected chi connectivity index (χ0v) is 13.3. The van der Waals surface area contributed by atoms with Crippen LogP contribution >= 0.6 is 15.9 Å². The van der Waals surface area contributed by atoms with E-state index in [0.29, 0.717) is 5.92 Å². The van der Waals surface area contributed by atoms with Crippen LogP contribution in [-0.4, -0.2) is 28.9 Å². The summed E-state index contributed by atoms with van der Waals surface area (Å²) in [6.07, 6.45) is 5.72. The zero-order chi connectivity index (χ0) is 14.7. The molecule has 0 radical (unpaired) electrons. The third-order valence-corrected chi connectivity index (χ3v) is 4.58. The Morgan fingerprint density at radius 1 is 1.05 bits per heavy atom. The molecular weight excluding hydrogens is 328 g/mol. The van der Waals surface area contributed by atoms with Crippen molar-refractivity contribution < 1.29 is 4.79 Å². The lowest BCUT2D eigenvalue weighted by atomic mass is 9.90. The minimum Gasteiger partial charge on any atom is -0.339 e. The van der Waals surface area contributed by atoms with Gasteiger partial charge in [-0.25, -0.2) is 0 Å². The summed E-state index contributed by atoms with van der Waals surface area (Å²) >= 11 is 3.39. The molecule has 4 heteroatoms. The molecule has 0 atom stereocenters. The minimum absolute atomic E-state index is 0.135. The summed E-state index contributed by atoms with van der Waals surface area (Å²) in [5.41, 5.74) is 2.10. The van der Waals surface area contributed by atoms with Gasteiger partial charge in [0.15, 0.2) is 0 Å². The molecule has 1 aromatic carbocycles. The van der Waals surface area contributed by atoms with Crippen molar-refractivity contribution in [2.75, 3.05) is 13.1 Å². The molecule has 1 aliphatic heterocycles. The van der Waals surface area contributed by atoms with E-state index in [9.17, 15) is 4.79 Å². The van der Waals surface area contributed by atoms with Gasteiger partial charge in [-0.05, 0) is 60.7 Å². The smallest absolute Gasteiger partial charge is 0.253 e. The van der Waals surface area contributed by atoms with E-state index in [-0.39, 0.29) is 5.91 Å². The van der Waals surface area contributed by atoms with Crippen LogP contribution in [0.25, 0.3) is 0 Å². The molecule has 0 spiro atoms. The monoisotopic (exact) mass is 344 g/mol. The lowest BCUT2D eigenvalue weighted by molar-refractivity contribution is 0.0713. The predicted octanol–water partition coefficient (Wildman–Crippen LogP) is 3.86. The maximum atomic E-state index is 12.5. The molecular formula is C17H17BrN2O. The second-order valence-electron chi connectivity index (χ2n) is 5.35. The van der Waals surface area contributed by atoms with Crippen LogP contribution in [0.5, 0.6) is 0 Å². The minimum atomic E-state index is 0.135. The van der Waals surface area contributed by atoms with Crippen molar-refractivity contribution in [1.29, 1.82) is 0 Å². The average molecular weight is 345 g/mol. The highest BCUT2D eigenvalue weighted by Gasteiger charge is 2.24. The van der Waals surface area contributed by atoms with Crippen LogP contribution in [0.3, 0.4) is 0 Å². The Balaban J connectivity index is 1.63. The van der Waals surface area contributed by atoms with Crippen molar-refractivity contribution in [2.45, 2.75) is 18.8 Å². The summed E-state index contributed by atoms with van der Waals surface area (Å²) in [5, 5.41) is 0. The number of pyridine rings is 1. The van der Waals surface area contributed by atoms with Crippen LogP contribution in [0.15, 0.2) is 53.3 Å². The van der Waals surface area contributed by atoms with Crippen LogP contribution in [0, 0.1) is 0 Å². The van der Waals surface area contributed by atoms with E-state index in [4.69, 9.17) is 0 Å². The summed E-state index contributed by atoms with van der Waals surface area (Å²) in [6.45, 7) is 1.64. The Hall–Kier alpha value is -1.68. The van der Waals surface area contributed by atoms with E-state index in [1.807, 2.05) is 41.6 Å². The normalized spacial score (nSPS) is 16.0. The van der Waals surface area contributed by atoms with Gasteiger partial charge >= 0.3 is 0 Å². The summed E-state index contributed by atoms with van der Waals surface area (Å²) in [7, 11) is 0. The van der Waals surface area contributed by atoms with Crippen molar-refractivity contribution in [3.8, 4) is 0 Å². The summed E-state index contributed by atoms with van der Waals surface area (Å²) in [5.74, 6) is 0.678. The molecule has 0 N–H and O–H groups in total. The molecule has 0 unspecified atom stereocenters. The number of benzene rings is 1. The molecule has 108 valence electrons. The number of rotatable bonds is 2. The van der Waals surface area contributed by atoms with Gasteiger partial charge in [-0.15, -0.1) is 0 Å². The van der Waals surface area contributed by atoms with E-state index in [2.05, 4.69) is 33.0 Å². The fourth-order valence-electron chi connectivity index (χ4n) is 2.83. The number of halogens is 1. The zero-order valence-electron chi connectivity index (χ0n) is 11.7. The van der Waals surface area contributed by atoms with E-state index < -0.39 is 0 Å². The fraction of sp³-hybridized carbons (Fsp3) is 0.294. The molecule has 3 nitrogen and oxygen atoms in total. The molecule has 1 aliphatic rings. The highest BCUT2D eigenvalue weighted by atomic mass is 79.9. The Morgan fingerprint density at radius 3 is 2.29 bits per heavy atom. The van der Waals surface area contributed by atoms with Gasteiger partial charge in [0.05, 0.1) is 0 Å². The maximum Gasteiger partial charge on any atom is 0.253 e. The van der Waals surface area contributed by atoms with E-state index in [1.165, 1.54) is 5.56 Å². The number of carbonyl (C=O) groups is 1. The van der Waals surface area contributed by atoms with Gasteiger partial charge in [-0.3, -0.25) is 9.78 Å². The molecule has 3 rings (SSSR count). The third kappa shape index (κ3) is 3.32. The van der Waals surface area contributed by atoms with Gasteiger partial charge in [0, 0.05) is 35.5 Å². The molecule has 0 aliphatic carbocycles. The average Bonchev–Trinajstić information content (AvgIpc) is 2.56. The molecule has 0 saturated carbocycles. The Labute approximate surface area is 133 Å². The topological polar surface area (TPSA) is 33.2 Å². The Morgan fingerprint density at radius 2 is 1.67 bits per heavy atom. The largest absolute Gasteiger partial charge is 0.339 e. The highest BCUT2D eigenvalue weighted by molar-refractivity contribution is 9.10. The van der Waals surface area contributed by atoms with Crippen LogP contribution < -0.4 is 0 Å². The first-order chi connectivity index (χ1) is 10.2. The van der Waals surface area contributed by atoms with Crippen LogP contribution in [-0.2, 0) is 0 Å². The van der Waals surface area contributed by atoms with E-state index >= 15 is 0 Å². The maximum absolute atomic E-state index is 12.5. The van der Waals surface area contributed by atoms with Gasteiger partial charge in [-0.1, -0.05) is 15.9 Å². The standard InChI is InChI=1S/C17H17BrN2O/c18-16-3-1-15(2-4-16)17(21)20-11-7-14(8-12-20)13-5-9-19-10-6-13/h1-6,9-10,14H,7-8,11-12H2. The SMILES string of the molecule is O=C(c1ccc(Br)cc1)N1CCC(c2ccncc2)CC1. The second kappa shape index (κ2) is 6.39. The number of aromatic nitrogens is 1. The summed E-state index contributed by atoms with van der Waals surface area (Å²) < 4.78 is 0.996. The van der Waals surface area contributed by atoms with Gasteiger partial charge in [0.1, 0.15) is 0 Å². The van der Waals surface area contributed by atoms with Crippen molar-refractivity contribution in [3.05, 3.63) is 64.4 Å². The number of hydrogen-bond donors (Lipinski definition) is 0. The van der Waals surface area contributed by atoms with Gasteiger partial charge in [0.2, 0.25) is 0 Å². The number of carbonyl (C=O) groups excluding carboxylic acids is 1. The number of nitrogens with zero attached hydrogens (tertiary/aromatic N) is 2. The highest BCUT2D eigenvalue weighted by Crippen LogP contribution is 2.28. The molecule has 2 aromatic rings. The molecule has 1 saturated heterocycles. The lowest BCUT2D eigenvalue weighted by Gasteiger charge is -2.32. The van der Waals surface area contributed by atoms with Crippen molar-refractivity contribution in [1.82, 2.24) is 9.88 Å². The molecule has 1 aromatic heterocycles. The number of hydrogen-bond acceptors (Lipinski definition) is 2. The van der Waals surface area contributed by atoms with Crippen molar-refractivity contribution in [2.24, 2.45) is 0 Å². The van der Waals surface area contributed by atoms with Gasteiger partial charge in [-0.2, -0.15) is 0 Å².